The third kappa shape index (κ3) is 2.76. The second-order valence-corrected chi connectivity index (χ2v) is 5.10. The molecule has 1 fully saturated rings. The summed E-state index contributed by atoms with van der Waals surface area (Å²) in [6.07, 6.45) is 0. The minimum absolute atomic E-state index is 0.178. The second kappa shape index (κ2) is 5.01. The third-order valence-corrected chi connectivity index (χ3v) is 3.47. The Morgan fingerprint density at radius 2 is 1.94 bits per heavy atom. The largest absolute Gasteiger partial charge is 0.363 e. The minimum atomic E-state index is -0.319. The van der Waals surface area contributed by atoms with E-state index in [1.165, 1.54) is 0 Å². The topological polar surface area (TPSA) is 49.6 Å². The molecule has 0 aromatic heterocycles. The summed E-state index contributed by atoms with van der Waals surface area (Å²) in [5, 5.41) is 11.0. The molecule has 0 radical (unpaired) electrons. The normalized spacial score (nSPS) is 17.2. The van der Waals surface area contributed by atoms with Crippen molar-refractivity contribution < 1.29 is 4.92 Å². The first-order chi connectivity index (χ1) is 8.08. The molecule has 1 aromatic carbocycles. The fourth-order valence-corrected chi connectivity index (χ4v) is 2.30. The van der Waals surface area contributed by atoms with Crippen LogP contribution in [-0.4, -0.2) is 43.0 Å². The molecular weight excluding hydrogens is 286 g/mol. The summed E-state index contributed by atoms with van der Waals surface area (Å²) in [5.41, 5.74) is 0.884. The Kier molecular flexibility index (Phi) is 3.63. The number of halogens is 1. The van der Waals surface area contributed by atoms with Crippen molar-refractivity contribution in [2.45, 2.75) is 0 Å². The molecule has 0 unspecified atom stereocenters. The predicted molar refractivity (Wildman–Crippen MR) is 70.5 cm³/mol. The Bertz CT molecular complexity index is 431. The van der Waals surface area contributed by atoms with E-state index in [0.29, 0.717) is 5.69 Å². The molecule has 0 bridgehead atoms. The smallest absolute Gasteiger partial charge is 0.292 e. The number of rotatable bonds is 2. The van der Waals surface area contributed by atoms with Crippen molar-refractivity contribution in [1.29, 1.82) is 0 Å². The van der Waals surface area contributed by atoms with Crippen LogP contribution < -0.4 is 4.90 Å². The Morgan fingerprint density at radius 1 is 1.29 bits per heavy atom. The average molecular weight is 300 g/mol. The molecule has 5 nitrogen and oxygen atoms in total. The number of nitro groups is 1. The number of nitrogens with zero attached hydrogens (tertiary/aromatic N) is 3. The van der Waals surface area contributed by atoms with Crippen LogP contribution in [0.1, 0.15) is 0 Å². The molecule has 0 aliphatic carbocycles. The fourth-order valence-electron chi connectivity index (χ4n) is 1.95. The molecule has 1 aliphatic heterocycles. The molecule has 92 valence electrons. The molecule has 1 saturated heterocycles. The van der Waals surface area contributed by atoms with E-state index in [-0.39, 0.29) is 10.6 Å². The monoisotopic (exact) mass is 299 g/mol. The zero-order valence-electron chi connectivity index (χ0n) is 9.60. The summed E-state index contributed by atoms with van der Waals surface area (Å²) in [6.45, 7) is 3.52. The van der Waals surface area contributed by atoms with Gasteiger partial charge < -0.3 is 9.80 Å². The van der Waals surface area contributed by atoms with Gasteiger partial charge in [-0.3, -0.25) is 10.1 Å². The van der Waals surface area contributed by atoms with Gasteiger partial charge in [0.15, 0.2) is 0 Å². The molecular formula is C11H14BrN3O2. The van der Waals surface area contributed by atoms with Crippen LogP contribution >= 0.6 is 15.9 Å². The lowest BCUT2D eigenvalue weighted by Gasteiger charge is -2.33. The van der Waals surface area contributed by atoms with Crippen LogP contribution in [0.25, 0.3) is 0 Å². The van der Waals surface area contributed by atoms with Crippen molar-refractivity contribution in [1.82, 2.24) is 4.90 Å². The molecule has 6 heteroatoms. The number of hydrogen-bond acceptors (Lipinski definition) is 4. The van der Waals surface area contributed by atoms with Crippen molar-refractivity contribution in [3.63, 3.8) is 0 Å². The van der Waals surface area contributed by atoms with Crippen LogP contribution in [0.5, 0.6) is 0 Å². The van der Waals surface area contributed by atoms with Gasteiger partial charge in [-0.05, 0) is 19.2 Å². The average Bonchev–Trinajstić information content (AvgIpc) is 2.29. The highest BCUT2D eigenvalue weighted by atomic mass is 79.9. The maximum Gasteiger partial charge on any atom is 0.292 e. The first-order valence-corrected chi connectivity index (χ1v) is 6.24. The summed E-state index contributed by atoms with van der Waals surface area (Å²) in [6, 6.07) is 5.08. The van der Waals surface area contributed by atoms with E-state index in [1.54, 1.807) is 12.1 Å². The lowest BCUT2D eigenvalue weighted by molar-refractivity contribution is -0.384. The maximum absolute atomic E-state index is 11.0. The molecule has 1 aliphatic rings. The lowest BCUT2D eigenvalue weighted by Crippen LogP contribution is -2.44. The summed E-state index contributed by atoms with van der Waals surface area (Å²) in [7, 11) is 2.06. The highest BCUT2D eigenvalue weighted by molar-refractivity contribution is 9.10. The Labute approximate surface area is 108 Å². The molecule has 0 amide bonds. The van der Waals surface area contributed by atoms with Gasteiger partial charge in [-0.2, -0.15) is 0 Å². The van der Waals surface area contributed by atoms with E-state index in [2.05, 4.69) is 32.8 Å². The maximum atomic E-state index is 11.0. The number of likely N-dealkylation sites (N-methyl/N-ethyl adjacent to an activating group) is 1. The minimum Gasteiger partial charge on any atom is -0.363 e. The molecule has 0 saturated carbocycles. The van der Waals surface area contributed by atoms with E-state index in [1.807, 2.05) is 6.07 Å². The summed E-state index contributed by atoms with van der Waals surface area (Å²) in [4.78, 5) is 15.0. The zero-order chi connectivity index (χ0) is 12.4. The standard InChI is InChI=1S/C11H14BrN3O2/c1-13-4-6-14(7-5-13)11-8-9(12)2-3-10(11)15(16)17/h2-3,8H,4-7H2,1H3. The predicted octanol–water partition coefficient (Wildman–Crippen LogP) is 2.11. The Morgan fingerprint density at radius 3 is 2.53 bits per heavy atom. The third-order valence-electron chi connectivity index (χ3n) is 2.98. The number of nitro benzene ring substituents is 1. The summed E-state index contributed by atoms with van der Waals surface area (Å²) < 4.78 is 0.872. The molecule has 17 heavy (non-hydrogen) atoms. The molecule has 1 heterocycles. The van der Waals surface area contributed by atoms with Crippen molar-refractivity contribution in [3.8, 4) is 0 Å². The van der Waals surface area contributed by atoms with Gasteiger partial charge in [0.25, 0.3) is 5.69 Å². The van der Waals surface area contributed by atoms with Crippen LogP contribution in [-0.2, 0) is 0 Å². The van der Waals surface area contributed by atoms with Crippen LogP contribution in [0, 0.1) is 10.1 Å². The summed E-state index contributed by atoms with van der Waals surface area (Å²) >= 11 is 3.36. The molecule has 2 rings (SSSR count). The lowest BCUT2D eigenvalue weighted by atomic mass is 10.2. The van der Waals surface area contributed by atoms with Crippen molar-refractivity contribution >= 4 is 27.3 Å². The molecule has 0 spiro atoms. The number of piperazine rings is 1. The number of anilines is 1. The highest BCUT2D eigenvalue weighted by Gasteiger charge is 2.22. The van der Waals surface area contributed by atoms with Gasteiger partial charge in [0.2, 0.25) is 0 Å². The first kappa shape index (κ1) is 12.3. The van der Waals surface area contributed by atoms with Gasteiger partial charge in [0, 0.05) is 36.7 Å². The van der Waals surface area contributed by atoms with Gasteiger partial charge >= 0.3 is 0 Å². The highest BCUT2D eigenvalue weighted by Crippen LogP contribution is 2.31. The quantitative estimate of drug-likeness (QED) is 0.620. The summed E-state index contributed by atoms with van der Waals surface area (Å²) in [5.74, 6) is 0. The van der Waals surface area contributed by atoms with Crippen molar-refractivity contribution in [2.24, 2.45) is 0 Å². The van der Waals surface area contributed by atoms with E-state index >= 15 is 0 Å². The Balaban J connectivity index is 2.30. The second-order valence-electron chi connectivity index (χ2n) is 4.18. The van der Waals surface area contributed by atoms with Gasteiger partial charge in [-0.25, -0.2) is 0 Å². The van der Waals surface area contributed by atoms with Crippen molar-refractivity contribution in [3.05, 3.63) is 32.8 Å². The molecule has 0 atom stereocenters. The number of benzene rings is 1. The van der Waals surface area contributed by atoms with Crippen LogP contribution in [0.2, 0.25) is 0 Å². The Hall–Kier alpha value is -1.14. The van der Waals surface area contributed by atoms with E-state index in [0.717, 1.165) is 30.7 Å². The van der Waals surface area contributed by atoms with Gasteiger partial charge in [0.1, 0.15) is 5.69 Å². The SMILES string of the molecule is CN1CCN(c2cc(Br)ccc2[N+](=O)[O-])CC1. The van der Waals surface area contributed by atoms with Crippen LogP contribution in [0.4, 0.5) is 11.4 Å². The molecule has 0 N–H and O–H groups in total. The van der Waals surface area contributed by atoms with Gasteiger partial charge in [0.05, 0.1) is 4.92 Å². The van der Waals surface area contributed by atoms with E-state index in [9.17, 15) is 10.1 Å². The first-order valence-electron chi connectivity index (χ1n) is 5.45. The fraction of sp³-hybridized carbons (Fsp3) is 0.455. The molecule has 1 aromatic rings. The van der Waals surface area contributed by atoms with Crippen molar-refractivity contribution in [2.75, 3.05) is 38.1 Å². The van der Waals surface area contributed by atoms with E-state index < -0.39 is 0 Å². The van der Waals surface area contributed by atoms with Gasteiger partial charge in [-0.15, -0.1) is 0 Å². The van der Waals surface area contributed by atoms with E-state index in [4.69, 9.17) is 0 Å². The zero-order valence-corrected chi connectivity index (χ0v) is 11.2. The number of hydrogen-bond donors (Lipinski definition) is 0. The van der Waals surface area contributed by atoms with Crippen LogP contribution in [0.3, 0.4) is 0 Å². The van der Waals surface area contributed by atoms with Gasteiger partial charge in [-0.1, -0.05) is 15.9 Å². The van der Waals surface area contributed by atoms with Crippen LogP contribution in [0.15, 0.2) is 22.7 Å².